The lowest BCUT2D eigenvalue weighted by Crippen LogP contribution is -2.32. The summed E-state index contributed by atoms with van der Waals surface area (Å²) in [5, 5.41) is 19.3. The SMILES string of the molecule is COc1ccc(-c2n[nH]c(C)c2CC(=O)NC(CC(C)C)c2nnc3ccccn23)cc1. The summed E-state index contributed by atoms with van der Waals surface area (Å²) in [5.74, 6) is 1.81. The molecule has 0 aliphatic carbocycles. The van der Waals surface area contributed by atoms with E-state index in [4.69, 9.17) is 4.74 Å². The third kappa shape index (κ3) is 4.49. The Labute approximate surface area is 187 Å². The van der Waals surface area contributed by atoms with E-state index in [2.05, 4.69) is 39.6 Å². The Morgan fingerprint density at radius 1 is 1.16 bits per heavy atom. The van der Waals surface area contributed by atoms with E-state index in [1.54, 1.807) is 7.11 Å². The van der Waals surface area contributed by atoms with Crippen molar-refractivity contribution in [1.82, 2.24) is 30.1 Å². The molecule has 2 N–H and O–H groups in total. The highest BCUT2D eigenvalue weighted by molar-refractivity contribution is 5.82. The van der Waals surface area contributed by atoms with E-state index in [0.717, 1.165) is 46.2 Å². The van der Waals surface area contributed by atoms with E-state index >= 15 is 0 Å². The zero-order valence-corrected chi connectivity index (χ0v) is 18.8. The van der Waals surface area contributed by atoms with E-state index in [-0.39, 0.29) is 18.4 Å². The number of hydrogen-bond donors (Lipinski definition) is 2. The zero-order valence-electron chi connectivity index (χ0n) is 18.8. The van der Waals surface area contributed by atoms with Crippen molar-refractivity contribution in [3.63, 3.8) is 0 Å². The summed E-state index contributed by atoms with van der Waals surface area (Å²) in [4.78, 5) is 13.1. The molecule has 4 rings (SSSR count). The molecule has 32 heavy (non-hydrogen) atoms. The van der Waals surface area contributed by atoms with Crippen molar-refractivity contribution < 1.29 is 9.53 Å². The molecule has 3 heterocycles. The van der Waals surface area contributed by atoms with Gasteiger partial charge in [-0.25, -0.2) is 0 Å². The van der Waals surface area contributed by atoms with Gasteiger partial charge in [0.05, 0.1) is 25.3 Å². The molecule has 166 valence electrons. The van der Waals surface area contributed by atoms with Crippen LogP contribution in [0.1, 0.15) is 43.4 Å². The van der Waals surface area contributed by atoms with Gasteiger partial charge in [0.1, 0.15) is 5.75 Å². The molecule has 3 aromatic heterocycles. The Bertz CT molecular complexity index is 1210. The first kappa shape index (κ1) is 21.5. The smallest absolute Gasteiger partial charge is 0.225 e. The van der Waals surface area contributed by atoms with Crippen LogP contribution in [0, 0.1) is 12.8 Å². The van der Waals surface area contributed by atoms with Crippen LogP contribution in [0.25, 0.3) is 16.9 Å². The number of H-pyrrole nitrogens is 1. The number of fused-ring (bicyclic) bond motifs is 1. The number of pyridine rings is 1. The van der Waals surface area contributed by atoms with Crippen LogP contribution in [-0.2, 0) is 11.2 Å². The number of methoxy groups -OCH3 is 1. The van der Waals surface area contributed by atoms with E-state index < -0.39 is 0 Å². The second-order valence-electron chi connectivity index (χ2n) is 8.32. The average Bonchev–Trinajstić information content (AvgIpc) is 3.37. The van der Waals surface area contributed by atoms with E-state index in [1.807, 2.05) is 60.0 Å². The standard InChI is InChI=1S/C24H28N6O2/c1-15(2)13-20(24-29-27-21-7-5-6-12-30(21)24)25-22(31)14-19-16(3)26-28-23(19)17-8-10-18(32-4)11-9-17/h5-12,15,20H,13-14H2,1-4H3,(H,25,31)(H,26,28). The summed E-state index contributed by atoms with van der Waals surface area (Å²) >= 11 is 0. The van der Waals surface area contributed by atoms with Crippen molar-refractivity contribution in [3.8, 4) is 17.0 Å². The molecule has 0 saturated heterocycles. The van der Waals surface area contributed by atoms with Crippen LogP contribution in [0.4, 0.5) is 0 Å². The van der Waals surface area contributed by atoms with Crippen molar-refractivity contribution in [1.29, 1.82) is 0 Å². The minimum Gasteiger partial charge on any atom is -0.497 e. The average molecular weight is 433 g/mol. The lowest BCUT2D eigenvalue weighted by Gasteiger charge is -2.19. The maximum Gasteiger partial charge on any atom is 0.225 e. The van der Waals surface area contributed by atoms with E-state index in [0.29, 0.717) is 5.92 Å². The van der Waals surface area contributed by atoms with Gasteiger partial charge in [0.2, 0.25) is 5.91 Å². The highest BCUT2D eigenvalue weighted by Gasteiger charge is 2.23. The summed E-state index contributed by atoms with van der Waals surface area (Å²) in [6.07, 6.45) is 2.90. The zero-order chi connectivity index (χ0) is 22.7. The van der Waals surface area contributed by atoms with Gasteiger partial charge in [0.15, 0.2) is 11.5 Å². The lowest BCUT2D eigenvalue weighted by atomic mass is 10.0. The predicted molar refractivity (Wildman–Crippen MR) is 122 cm³/mol. The Hall–Kier alpha value is -3.68. The molecule has 0 spiro atoms. The quantitative estimate of drug-likeness (QED) is 0.440. The van der Waals surface area contributed by atoms with Gasteiger partial charge in [-0.2, -0.15) is 5.10 Å². The first-order chi connectivity index (χ1) is 15.5. The second-order valence-corrected chi connectivity index (χ2v) is 8.32. The molecule has 0 saturated carbocycles. The fraction of sp³-hybridized carbons (Fsp3) is 0.333. The van der Waals surface area contributed by atoms with Gasteiger partial charge in [-0.3, -0.25) is 14.3 Å². The van der Waals surface area contributed by atoms with Gasteiger partial charge in [-0.05, 0) is 55.7 Å². The minimum absolute atomic E-state index is 0.0809. The molecular weight excluding hydrogens is 404 g/mol. The third-order valence-electron chi connectivity index (χ3n) is 5.47. The number of benzene rings is 1. The summed E-state index contributed by atoms with van der Waals surface area (Å²) < 4.78 is 7.17. The van der Waals surface area contributed by atoms with Gasteiger partial charge < -0.3 is 10.1 Å². The van der Waals surface area contributed by atoms with Crippen LogP contribution in [0.15, 0.2) is 48.7 Å². The maximum absolute atomic E-state index is 13.1. The molecule has 4 aromatic rings. The van der Waals surface area contributed by atoms with Crippen LogP contribution in [0.5, 0.6) is 5.75 Å². The van der Waals surface area contributed by atoms with Crippen molar-refractivity contribution >= 4 is 11.6 Å². The number of carbonyl (C=O) groups is 1. The first-order valence-electron chi connectivity index (χ1n) is 10.7. The number of amides is 1. The topological polar surface area (TPSA) is 97.2 Å². The van der Waals surface area contributed by atoms with Crippen molar-refractivity contribution in [2.24, 2.45) is 5.92 Å². The van der Waals surface area contributed by atoms with Gasteiger partial charge in [0.25, 0.3) is 0 Å². The summed E-state index contributed by atoms with van der Waals surface area (Å²) in [6.45, 7) is 6.19. The van der Waals surface area contributed by atoms with Crippen molar-refractivity contribution in [2.45, 2.75) is 39.7 Å². The summed E-state index contributed by atoms with van der Waals surface area (Å²) in [7, 11) is 1.63. The van der Waals surface area contributed by atoms with Crippen molar-refractivity contribution in [2.75, 3.05) is 7.11 Å². The summed E-state index contributed by atoms with van der Waals surface area (Å²) in [6, 6.07) is 13.2. The first-order valence-corrected chi connectivity index (χ1v) is 10.7. The fourth-order valence-corrected chi connectivity index (χ4v) is 3.86. The van der Waals surface area contributed by atoms with Crippen LogP contribution in [0.3, 0.4) is 0 Å². The lowest BCUT2D eigenvalue weighted by molar-refractivity contribution is -0.121. The number of carbonyl (C=O) groups excluding carboxylic acids is 1. The number of rotatable bonds is 8. The number of ether oxygens (including phenoxy) is 1. The normalized spacial score (nSPS) is 12.3. The molecule has 0 aliphatic heterocycles. The van der Waals surface area contributed by atoms with Crippen LogP contribution >= 0.6 is 0 Å². The third-order valence-corrected chi connectivity index (χ3v) is 5.47. The van der Waals surface area contributed by atoms with E-state index in [9.17, 15) is 4.79 Å². The number of aromatic amines is 1. The molecule has 1 aromatic carbocycles. The minimum atomic E-state index is -0.239. The number of nitrogens with zero attached hydrogens (tertiary/aromatic N) is 4. The van der Waals surface area contributed by atoms with Gasteiger partial charge in [-0.1, -0.05) is 19.9 Å². The molecule has 8 nitrogen and oxygen atoms in total. The second kappa shape index (κ2) is 9.21. The van der Waals surface area contributed by atoms with Crippen LogP contribution in [0.2, 0.25) is 0 Å². The highest BCUT2D eigenvalue weighted by atomic mass is 16.5. The molecule has 1 unspecified atom stereocenters. The number of nitrogens with one attached hydrogen (secondary N) is 2. The molecule has 0 fully saturated rings. The molecule has 0 bridgehead atoms. The highest BCUT2D eigenvalue weighted by Crippen LogP contribution is 2.27. The number of aromatic nitrogens is 5. The fourth-order valence-electron chi connectivity index (χ4n) is 3.86. The Morgan fingerprint density at radius 2 is 1.94 bits per heavy atom. The van der Waals surface area contributed by atoms with Crippen molar-refractivity contribution in [3.05, 3.63) is 65.7 Å². The van der Waals surface area contributed by atoms with E-state index in [1.165, 1.54) is 0 Å². The van der Waals surface area contributed by atoms with Crippen LogP contribution < -0.4 is 10.1 Å². The van der Waals surface area contributed by atoms with Crippen LogP contribution in [-0.4, -0.2) is 37.8 Å². The molecule has 1 amide bonds. The Morgan fingerprint density at radius 3 is 2.66 bits per heavy atom. The molecule has 0 radical (unpaired) electrons. The maximum atomic E-state index is 13.1. The number of aryl methyl sites for hydroxylation is 1. The monoisotopic (exact) mass is 432 g/mol. The molecule has 1 atom stereocenters. The Kier molecular flexibility index (Phi) is 6.20. The number of hydrogen-bond acceptors (Lipinski definition) is 5. The predicted octanol–water partition coefficient (Wildman–Crippen LogP) is 3.88. The largest absolute Gasteiger partial charge is 0.497 e. The molecular formula is C24H28N6O2. The molecule has 0 aliphatic rings. The molecule has 8 heteroatoms. The Balaban J connectivity index is 1.57. The van der Waals surface area contributed by atoms with Gasteiger partial charge in [0, 0.05) is 23.0 Å². The van der Waals surface area contributed by atoms with Gasteiger partial charge >= 0.3 is 0 Å². The summed E-state index contributed by atoms with van der Waals surface area (Å²) in [5.41, 5.74) is 4.22. The van der Waals surface area contributed by atoms with Gasteiger partial charge in [-0.15, -0.1) is 10.2 Å².